The van der Waals surface area contributed by atoms with Gasteiger partial charge in [-0.3, -0.25) is 24.3 Å². The van der Waals surface area contributed by atoms with Crippen molar-refractivity contribution >= 4 is 11.9 Å². The van der Waals surface area contributed by atoms with Gasteiger partial charge in [0.1, 0.15) is 0 Å². The standard InChI is InChI=1S/C27H35N3O6/c1-3-13-30(36-14-4-2)25(31)17-29-16-21(19-8-11-23-24(15-19)35-18-34-23)26(27(32)33)22(29)10-9-20-7-5-6-12-28-20/h5-8,11-12,15,21-22,26H,3-4,9-10,13-14,16-18H2,1-2H3,(H,32,33)/t21-,22+,26-/m1/s1. The maximum absolute atomic E-state index is 13.3. The molecule has 3 heterocycles. The van der Waals surface area contributed by atoms with Crippen molar-refractivity contribution in [2.75, 3.05) is 33.0 Å². The summed E-state index contributed by atoms with van der Waals surface area (Å²) >= 11 is 0. The van der Waals surface area contributed by atoms with E-state index >= 15 is 0 Å². The molecule has 0 radical (unpaired) electrons. The van der Waals surface area contributed by atoms with E-state index in [1.807, 2.05) is 55.1 Å². The second kappa shape index (κ2) is 12.2. The maximum atomic E-state index is 13.3. The van der Waals surface area contributed by atoms with E-state index in [1.165, 1.54) is 5.06 Å². The second-order valence-electron chi connectivity index (χ2n) is 9.27. The fraction of sp³-hybridized carbons (Fsp3) is 0.519. The molecule has 0 aliphatic carbocycles. The number of hydroxylamine groups is 2. The first-order chi connectivity index (χ1) is 17.5. The Labute approximate surface area is 211 Å². The lowest BCUT2D eigenvalue weighted by Crippen LogP contribution is -2.44. The molecule has 2 aliphatic rings. The lowest BCUT2D eigenvalue weighted by atomic mass is 9.83. The Morgan fingerprint density at radius 3 is 2.72 bits per heavy atom. The summed E-state index contributed by atoms with van der Waals surface area (Å²) in [4.78, 5) is 38.0. The molecule has 9 nitrogen and oxygen atoms in total. The molecular weight excluding hydrogens is 462 g/mol. The number of pyridine rings is 1. The van der Waals surface area contributed by atoms with Gasteiger partial charge in [0.05, 0.1) is 19.1 Å². The quantitative estimate of drug-likeness (QED) is 0.445. The molecule has 1 amide bonds. The molecule has 1 saturated heterocycles. The fourth-order valence-electron chi connectivity index (χ4n) is 5.09. The van der Waals surface area contributed by atoms with Crippen LogP contribution in [0, 0.1) is 5.92 Å². The maximum Gasteiger partial charge on any atom is 0.308 e. The van der Waals surface area contributed by atoms with E-state index in [4.69, 9.17) is 14.3 Å². The van der Waals surface area contributed by atoms with E-state index in [1.54, 1.807) is 6.20 Å². The highest BCUT2D eigenvalue weighted by Gasteiger charge is 2.47. The Bertz CT molecular complexity index is 1030. The minimum Gasteiger partial charge on any atom is -0.481 e. The predicted octanol–water partition coefficient (Wildman–Crippen LogP) is 3.49. The van der Waals surface area contributed by atoms with Crippen LogP contribution < -0.4 is 9.47 Å². The minimum atomic E-state index is -0.869. The Morgan fingerprint density at radius 2 is 2.00 bits per heavy atom. The van der Waals surface area contributed by atoms with Crippen molar-refractivity contribution in [1.29, 1.82) is 0 Å². The van der Waals surface area contributed by atoms with Crippen molar-refractivity contribution in [3.05, 3.63) is 53.9 Å². The summed E-state index contributed by atoms with van der Waals surface area (Å²) in [5, 5.41) is 11.8. The van der Waals surface area contributed by atoms with E-state index in [-0.39, 0.29) is 31.2 Å². The second-order valence-corrected chi connectivity index (χ2v) is 9.27. The SMILES string of the molecule is CCCON(CCC)C(=O)CN1C[C@H](c2ccc3c(c2)OCO3)[C@@H](C(=O)O)[C@@H]1CCc1ccccn1. The van der Waals surface area contributed by atoms with Crippen LogP contribution in [0.1, 0.15) is 50.3 Å². The zero-order chi connectivity index (χ0) is 25.5. The minimum absolute atomic E-state index is 0.0986. The molecule has 1 aromatic carbocycles. The van der Waals surface area contributed by atoms with Gasteiger partial charge in [0.15, 0.2) is 11.5 Å². The van der Waals surface area contributed by atoms with E-state index in [0.29, 0.717) is 44.0 Å². The highest BCUT2D eigenvalue weighted by Crippen LogP contribution is 2.43. The predicted molar refractivity (Wildman–Crippen MR) is 133 cm³/mol. The molecule has 9 heteroatoms. The number of hydrogen-bond acceptors (Lipinski definition) is 7. The number of amides is 1. The number of carbonyl (C=O) groups excluding carboxylic acids is 1. The first kappa shape index (κ1) is 25.9. The van der Waals surface area contributed by atoms with Gasteiger partial charge < -0.3 is 14.6 Å². The summed E-state index contributed by atoms with van der Waals surface area (Å²) in [7, 11) is 0. The molecule has 0 bridgehead atoms. The zero-order valence-corrected chi connectivity index (χ0v) is 21.0. The summed E-state index contributed by atoms with van der Waals surface area (Å²) in [6, 6.07) is 11.0. The number of ether oxygens (including phenoxy) is 2. The number of nitrogens with zero attached hydrogens (tertiary/aromatic N) is 3. The van der Waals surface area contributed by atoms with Gasteiger partial charge in [0.2, 0.25) is 6.79 Å². The average molecular weight is 498 g/mol. The van der Waals surface area contributed by atoms with Gasteiger partial charge in [-0.25, -0.2) is 5.06 Å². The van der Waals surface area contributed by atoms with E-state index in [0.717, 1.165) is 24.1 Å². The molecule has 0 saturated carbocycles. The lowest BCUT2D eigenvalue weighted by molar-refractivity contribution is -0.188. The normalized spacial score (nSPS) is 21.0. The molecule has 0 spiro atoms. The van der Waals surface area contributed by atoms with Gasteiger partial charge in [0, 0.05) is 36.9 Å². The third-order valence-electron chi connectivity index (χ3n) is 6.78. The Balaban J connectivity index is 1.59. The molecular formula is C27H35N3O6. The van der Waals surface area contributed by atoms with Crippen LogP contribution in [0.3, 0.4) is 0 Å². The molecule has 4 rings (SSSR count). The number of likely N-dealkylation sites (tertiary alicyclic amines) is 1. The average Bonchev–Trinajstić information content (AvgIpc) is 3.50. The first-order valence-corrected chi connectivity index (χ1v) is 12.7. The molecule has 0 unspecified atom stereocenters. The van der Waals surface area contributed by atoms with Crippen molar-refractivity contribution in [2.24, 2.45) is 5.92 Å². The van der Waals surface area contributed by atoms with Crippen LogP contribution >= 0.6 is 0 Å². The number of aromatic nitrogens is 1. The Morgan fingerprint density at radius 1 is 1.17 bits per heavy atom. The van der Waals surface area contributed by atoms with Gasteiger partial charge in [-0.2, -0.15) is 0 Å². The van der Waals surface area contributed by atoms with E-state index in [2.05, 4.69) is 4.98 Å². The molecule has 2 aromatic rings. The zero-order valence-electron chi connectivity index (χ0n) is 21.0. The first-order valence-electron chi connectivity index (χ1n) is 12.7. The van der Waals surface area contributed by atoms with Gasteiger partial charge in [-0.1, -0.05) is 26.0 Å². The van der Waals surface area contributed by atoms with Gasteiger partial charge in [-0.05, 0) is 55.5 Å². The van der Waals surface area contributed by atoms with Crippen molar-refractivity contribution in [2.45, 2.75) is 51.5 Å². The number of aryl methyl sites for hydroxylation is 1. The molecule has 194 valence electrons. The number of carbonyl (C=O) groups is 2. The van der Waals surface area contributed by atoms with Crippen molar-refractivity contribution in [3.63, 3.8) is 0 Å². The Kier molecular flexibility index (Phi) is 8.77. The van der Waals surface area contributed by atoms with Gasteiger partial charge >= 0.3 is 5.97 Å². The highest BCUT2D eigenvalue weighted by atomic mass is 16.7. The Hall–Kier alpha value is -3.17. The molecule has 1 N–H and O–H groups in total. The topological polar surface area (TPSA) is 101 Å². The number of aliphatic carboxylic acids is 1. The summed E-state index contributed by atoms with van der Waals surface area (Å²) in [6.45, 7) is 5.66. The summed E-state index contributed by atoms with van der Waals surface area (Å²) in [6.07, 6.45) is 4.52. The summed E-state index contributed by atoms with van der Waals surface area (Å²) in [5.41, 5.74) is 1.77. The van der Waals surface area contributed by atoms with Gasteiger partial charge in [0.25, 0.3) is 5.91 Å². The van der Waals surface area contributed by atoms with E-state index in [9.17, 15) is 14.7 Å². The van der Waals surface area contributed by atoms with Crippen molar-refractivity contribution in [1.82, 2.24) is 14.9 Å². The largest absolute Gasteiger partial charge is 0.481 e. The third-order valence-corrected chi connectivity index (χ3v) is 6.78. The molecule has 1 aromatic heterocycles. The van der Waals surface area contributed by atoms with Crippen LogP contribution in [-0.2, 0) is 20.8 Å². The van der Waals surface area contributed by atoms with E-state index < -0.39 is 11.9 Å². The number of hydrogen-bond donors (Lipinski definition) is 1. The summed E-state index contributed by atoms with van der Waals surface area (Å²) < 4.78 is 11.0. The van der Waals surface area contributed by atoms with Crippen LogP contribution in [0.25, 0.3) is 0 Å². The monoisotopic (exact) mass is 497 g/mol. The third kappa shape index (κ3) is 5.96. The molecule has 2 aliphatic heterocycles. The van der Waals surface area contributed by atoms with Crippen molar-refractivity contribution < 1.29 is 29.0 Å². The van der Waals surface area contributed by atoms with Crippen molar-refractivity contribution in [3.8, 4) is 11.5 Å². The fourth-order valence-corrected chi connectivity index (χ4v) is 5.09. The number of carboxylic acids is 1. The number of carboxylic acid groups (broad SMARTS) is 1. The van der Waals surface area contributed by atoms with Crippen LogP contribution in [0.2, 0.25) is 0 Å². The number of rotatable bonds is 12. The molecule has 3 atom stereocenters. The lowest BCUT2D eigenvalue weighted by Gasteiger charge is -2.29. The molecule has 36 heavy (non-hydrogen) atoms. The van der Waals surface area contributed by atoms with Crippen LogP contribution in [0.5, 0.6) is 11.5 Å². The number of benzene rings is 1. The van der Waals surface area contributed by atoms with Crippen LogP contribution in [0.15, 0.2) is 42.6 Å². The highest BCUT2D eigenvalue weighted by molar-refractivity contribution is 5.78. The van der Waals surface area contributed by atoms with Crippen LogP contribution in [-0.4, -0.2) is 71.0 Å². The number of fused-ring (bicyclic) bond motifs is 1. The van der Waals surface area contributed by atoms with Gasteiger partial charge in [-0.15, -0.1) is 0 Å². The molecule has 1 fully saturated rings. The van der Waals surface area contributed by atoms with Crippen LogP contribution in [0.4, 0.5) is 0 Å². The summed E-state index contributed by atoms with van der Waals surface area (Å²) in [5.74, 6) is -0.716. The smallest absolute Gasteiger partial charge is 0.308 e.